The van der Waals surface area contributed by atoms with Gasteiger partial charge in [0.05, 0.1) is 5.69 Å². The molecule has 0 radical (unpaired) electrons. The topological polar surface area (TPSA) is 92.4 Å². The summed E-state index contributed by atoms with van der Waals surface area (Å²) in [6.45, 7) is 0. The standard InChI is InChI=1S/C15H19FN2O3/c16-11-8-10(14(17)19)6-7-12(11)18-13(15(20)21)9-4-2-1-3-5-9/h6-9,13,18H,1-5H2,(H2,17,19)(H,20,21). The van der Waals surface area contributed by atoms with Crippen molar-refractivity contribution in [1.29, 1.82) is 0 Å². The van der Waals surface area contributed by atoms with E-state index in [9.17, 15) is 19.1 Å². The van der Waals surface area contributed by atoms with Gasteiger partial charge < -0.3 is 16.2 Å². The summed E-state index contributed by atoms with van der Waals surface area (Å²) in [5, 5.41) is 12.1. The Morgan fingerprint density at radius 3 is 2.48 bits per heavy atom. The molecule has 1 aliphatic rings. The lowest BCUT2D eigenvalue weighted by atomic mass is 9.84. The first kappa shape index (κ1) is 15.3. The number of carboxylic acid groups (broad SMARTS) is 1. The van der Waals surface area contributed by atoms with Crippen molar-refractivity contribution in [2.45, 2.75) is 38.1 Å². The fraction of sp³-hybridized carbons (Fsp3) is 0.467. The van der Waals surface area contributed by atoms with Gasteiger partial charge in [-0.25, -0.2) is 9.18 Å². The summed E-state index contributed by atoms with van der Waals surface area (Å²) in [7, 11) is 0. The van der Waals surface area contributed by atoms with Crippen molar-refractivity contribution in [3.63, 3.8) is 0 Å². The van der Waals surface area contributed by atoms with Crippen molar-refractivity contribution in [2.24, 2.45) is 11.7 Å². The molecule has 1 amide bonds. The van der Waals surface area contributed by atoms with Gasteiger partial charge in [0.2, 0.25) is 5.91 Å². The van der Waals surface area contributed by atoms with E-state index in [4.69, 9.17) is 5.73 Å². The van der Waals surface area contributed by atoms with Crippen LogP contribution in [-0.2, 0) is 4.79 Å². The second-order valence-electron chi connectivity index (χ2n) is 5.42. The number of carbonyl (C=O) groups excluding carboxylic acids is 1. The highest BCUT2D eigenvalue weighted by Gasteiger charge is 2.29. The number of nitrogens with two attached hydrogens (primary N) is 1. The quantitative estimate of drug-likeness (QED) is 0.777. The van der Waals surface area contributed by atoms with Crippen LogP contribution in [0.1, 0.15) is 42.5 Å². The van der Waals surface area contributed by atoms with E-state index >= 15 is 0 Å². The summed E-state index contributed by atoms with van der Waals surface area (Å²) in [4.78, 5) is 22.4. The number of amides is 1. The van der Waals surface area contributed by atoms with Crippen molar-refractivity contribution in [2.75, 3.05) is 5.32 Å². The maximum Gasteiger partial charge on any atom is 0.326 e. The molecule has 4 N–H and O–H groups in total. The largest absolute Gasteiger partial charge is 0.480 e. The molecule has 1 unspecified atom stereocenters. The van der Waals surface area contributed by atoms with Gasteiger partial charge in [-0.3, -0.25) is 4.79 Å². The highest BCUT2D eigenvalue weighted by atomic mass is 19.1. The first-order chi connectivity index (χ1) is 9.99. The number of halogens is 1. The van der Waals surface area contributed by atoms with Gasteiger partial charge in [0, 0.05) is 5.56 Å². The Bertz CT molecular complexity index is 542. The Morgan fingerprint density at radius 1 is 1.29 bits per heavy atom. The molecule has 0 aliphatic heterocycles. The molecule has 2 rings (SSSR count). The van der Waals surface area contributed by atoms with Crippen LogP contribution in [0.4, 0.5) is 10.1 Å². The van der Waals surface area contributed by atoms with Crippen molar-refractivity contribution < 1.29 is 19.1 Å². The number of anilines is 1. The molecule has 6 heteroatoms. The predicted molar refractivity (Wildman–Crippen MR) is 76.5 cm³/mol. The maximum atomic E-state index is 13.9. The van der Waals surface area contributed by atoms with Crippen LogP contribution in [0.2, 0.25) is 0 Å². The highest BCUT2D eigenvalue weighted by Crippen LogP contribution is 2.29. The number of hydrogen-bond donors (Lipinski definition) is 3. The van der Waals surface area contributed by atoms with Gasteiger partial charge in [-0.1, -0.05) is 19.3 Å². The molecule has 1 atom stereocenters. The van der Waals surface area contributed by atoms with Gasteiger partial charge in [-0.05, 0) is 37.0 Å². The smallest absolute Gasteiger partial charge is 0.326 e. The fourth-order valence-corrected chi connectivity index (χ4v) is 2.80. The zero-order valence-corrected chi connectivity index (χ0v) is 11.6. The van der Waals surface area contributed by atoms with Crippen LogP contribution in [0, 0.1) is 11.7 Å². The van der Waals surface area contributed by atoms with Crippen LogP contribution < -0.4 is 11.1 Å². The molecule has 114 valence electrons. The Morgan fingerprint density at radius 2 is 1.95 bits per heavy atom. The molecule has 0 aromatic heterocycles. The second kappa shape index (κ2) is 6.56. The SMILES string of the molecule is NC(=O)c1ccc(NC(C(=O)O)C2CCCCC2)c(F)c1. The average molecular weight is 294 g/mol. The van der Waals surface area contributed by atoms with Crippen LogP contribution in [0.15, 0.2) is 18.2 Å². The number of primary amides is 1. The van der Waals surface area contributed by atoms with Crippen molar-refractivity contribution in [3.8, 4) is 0 Å². The highest BCUT2D eigenvalue weighted by molar-refractivity contribution is 5.93. The fourth-order valence-electron chi connectivity index (χ4n) is 2.80. The molecule has 0 spiro atoms. The van der Waals surface area contributed by atoms with Crippen molar-refractivity contribution >= 4 is 17.6 Å². The van der Waals surface area contributed by atoms with Crippen molar-refractivity contribution in [1.82, 2.24) is 0 Å². The zero-order valence-electron chi connectivity index (χ0n) is 11.6. The number of carbonyl (C=O) groups is 2. The van der Waals surface area contributed by atoms with E-state index in [0.29, 0.717) is 0 Å². The second-order valence-corrected chi connectivity index (χ2v) is 5.42. The molecule has 1 aromatic carbocycles. The van der Waals surface area contributed by atoms with E-state index in [0.717, 1.165) is 38.2 Å². The summed E-state index contributed by atoms with van der Waals surface area (Å²) in [6.07, 6.45) is 4.76. The molecule has 21 heavy (non-hydrogen) atoms. The zero-order chi connectivity index (χ0) is 15.4. The van der Waals surface area contributed by atoms with Gasteiger partial charge in [0.1, 0.15) is 11.9 Å². The minimum absolute atomic E-state index is 0.00790. The predicted octanol–water partition coefficient (Wildman–Crippen LogP) is 2.37. The minimum Gasteiger partial charge on any atom is -0.480 e. The van der Waals surface area contributed by atoms with Crippen LogP contribution in [0.25, 0.3) is 0 Å². The van der Waals surface area contributed by atoms with Gasteiger partial charge in [-0.2, -0.15) is 0 Å². The van der Waals surface area contributed by atoms with E-state index in [-0.39, 0.29) is 17.2 Å². The van der Waals surface area contributed by atoms with Crippen molar-refractivity contribution in [3.05, 3.63) is 29.6 Å². The molecule has 0 bridgehead atoms. The normalized spacial score (nSPS) is 17.2. The lowest BCUT2D eigenvalue weighted by Gasteiger charge is -2.28. The maximum absolute atomic E-state index is 13.9. The number of hydrogen-bond acceptors (Lipinski definition) is 3. The molecular formula is C15H19FN2O3. The van der Waals surface area contributed by atoms with Gasteiger partial charge in [-0.15, -0.1) is 0 Å². The summed E-state index contributed by atoms with van der Waals surface area (Å²) in [5.74, 6) is -2.39. The Labute approximate surface area is 122 Å². The Hall–Kier alpha value is -2.11. The number of aliphatic carboxylic acids is 1. The lowest BCUT2D eigenvalue weighted by Crippen LogP contribution is -2.38. The number of nitrogens with one attached hydrogen (secondary N) is 1. The summed E-state index contributed by atoms with van der Waals surface area (Å²) >= 11 is 0. The molecular weight excluding hydrogens is 275 g/mol. The molecule has 1 fully saturated rings. The van der Waals surface area contributed by atoms with E-state index < -0.39 is 23.7 Å². The van der Waals surface area contributed by atoms with E-state index in [1.165, 1.54) is 12.1 Å². The Balaban J connectivity index is 2.16. The molecule has 0 saturated heterocycles. The van der Waals surface area contributed by atoms with Gasteiger partial charge in [0.15, 0.2) is 0 Å². The Kier molecular flexibility index (Phi) is 4.77. The van der Waals surface area contributed by atoms with Gasteiger partial charge >= 0.3 is 5.97 Å². The van der Waals surface area contributed by atoms with Crippen LogP contribution in [0.3, 0.4) is 0 Å². The summed E-state index contributed by atoms with van der Waals surface area (Å²) < 4.78 is 13.9. The molecule has 5 nitrogen and oxygen atoms in total. The lowest BCUT2D eigenvalue weighted by molar-refractivity contribution is -0.139. The first-order valence-electron chi connectivity index (χ1n) is 7.07. The van der Waals surface area contributed by atoms with Crippen LogP contribution in [-0.4, -0.2) is 23.0 Å². The van der Waals surface area contributed by atoms with Crippen LogP contribution in [0.5, 0.6) is 0 Å². The monoisotopic (exact) mass is 294 g/mol. The average Bonchev–Trinajstić information content (AvgIpc) is 2.46. The van der Waals surface area contributed by atoms with Crippen LogP contribution >= 0.6 is 0 Å². The third kappa shape index (κ3) is 3.71. The molecule has 1 saturated carbocycles. The molecule has 1 aliphatic carbocycles. The first-order valence-corrected chi connectivity index (χ1v) is 7.07. The number of carboxylic acids is 1. The molecule has 1 aromatic rings. The summed E-state index contributed by atoms with van der Waals surface area (Å²) in [6, 6.07) is 2.94. The number of benzene rings is 1. The minimum atomic E-state index is -0.986. The summed E-state index contributed by atoms with van der Waals surface area (Å²) in [5.41, 5.74) is 5.22. The van der Waals surface area contributed by atoms with E-state index in [1.807, 2.05) is 0 Å². The number of rotatable bonds is 5. The molecule has 0 heterocycles. The third-order valence-electron chi connectivity index (χ3n) is 3.95. The van der Waals surface area contributed by atoms with Gasteiger partial charge in [0.25, 0.3) is 0 Å². The third-order valence-corrected chi connectivity index (χ3v) is 3.95. The van der Waals surface area contributed by atoms with E-state index in [2.05, 4.69) is 5.32 Å². The van der Waals surface area contributed by atoms with E-state index in [1.54, 1.807) is 0 Å².